The van der Waals surface area contributed by atoms with E-state index in [2.05, 4.69) is 39.6 Å². The van der Waals surface area contributed by atoms with Gasteiger partial charge in [0.05, 0.1) is 23.8 Å². The normalized spacial score (nSPS) is 30.1. The molecule has 3 N–H and O–H groups in total. The number of aromatic nitrogens is 1. The molecule has 4 aliphatic rings. The number of hydrogen-bond acceptors (Lipinski definition) is 6. The topological polar surface area (TPSA) is 115 Å². The standard InChI is InChI=1S/C34H38N4O5/c1-20(39)31-26(14-21-8-4-3-5-9-21)33(41)38-13-7-12-29(38)34(31,42)43-19-36-32(40)23-15-25-24-10-6-11-27-30(24)22(17-35-27)16-28(25)37(2)18-23/h3-6,8-11,15,17,23,26,28-29,31,35,42H,7,12-14,16,18-19H2,1-2H3,(H,36,40)/t23-,26-,28-,29+,31?,34+/m1/s1. The summed E-state index contributed by atoms with van der Waals surface area (Å²) in [7, 11) is 2.05. The quantitative estimate of drug-likeness (QED) is 0.369. The van der Waals surface area contributed by atoms with Crippen LogP contribution in [0.5, 0.6) is 0 Å². The van der Waals surface area contributed by atoms with Crippen LogP contribution in [0.2, 0.25) is 0 Å². The molecular weight excluding hydrogens is 544 g/mol. The Morgan fingerprint density at radius 1 is 1.16 bits per heavy atom. The van der Waals surface area contributed by atoms with E-state index in [0.717, 1.165) is 35.1 Å². The van der Waals surface area contributed by atoms with E-state index in [9.17, 15) is 19.5 Å². The lowest BCUT2D eigenvalue weighted by atomic mass is 9.72. The van der Waals surface area contributed by atoms with Crippen molar-refractivity contribution in [2.45, 2.75) is 50.5 Å². The predicted octanol–water partition coefficient (Wildman–Crippen LogP) is 2.89. The fourth-order valence-corrected chi connectivity index (χ4v) is 8.11. The minimum Gasteiger partial charge on any atom is -0.363 e. The summed E-state index contributed by atoms with van der Waals surface area (Å²) >= 11 is 0. The molecule has 1 aromatic heterocycles. The van der Waals surface area contributed by atoms with Crippen molar-refractivity contribution in [3.63, 3.8) is 0 Å². The molecule has 6 atom stereocenters. The van der Waals surface area contributed by atoms with Crippen LogP contribution in [0.4, 0.5) is 0 Å². The van der Waals surface area contributed by atoms with Gasteiger partial charge in [-0.3, -0.25) is 19.3 Å². The number of carbonyl (C=O) groups is 3. The van der Waals surface area contributed by atoms with Gasteiger partial charge in [0.25, 0.3) is 0 Å². The first kappa shape index (κ1) is 28.0. The average Bonchev–Trinajstić information content (AvgIpc) is 3.66. The van der Waals surface area contributed by atoms with Gasteiger partial charge < -0.3 is 25.0 Å². The number of rotatable bonds is 7. The van der Waals surface area contributed by atoms with Crippen molar-refractivity contribution >= 4 is 34.1 Å². The lowest BCUT2D eigenvalue weighted by molar-refractivity contribution is -0.282. The van der Waals surface area contributed by atoms with E-state index in [4.69, 9.17) is 4.74 Å². The molecule has 9 heteroatoms. The summed E-state index contributed by atoms with van der Waals surface area (Å²) in [5.74, 6) is -4.73. The van der Waals surface area contributed by atoms with Crippen LogP contribution in [0, 0.1) is 17.8 Å². The summed E-state index contributed by atoms with van der Waals surface area (Å²) in [6.07, 6.45) is 6.62. The number of nitrogens with one attached hydrogen (secondary N) is 2. The van der Waals surface area contributed by atoms with Crippen LogP contribution < -0.4 is 5.32 Å². The zero-order valence-electron chi connectivity index (χ0n) is 24.6. The molecule has 3 aliphatic heterocycles. The predicted molar refractivity (Wildman–Crippen MR) is 161 cm³/mol. The van der Waals surface area contributed by atoms with Crippen LogP contribution in [0.3, 0.4) is 0 Å². The van der Waals surface area contributed by atoms with Gasteiger partial charge in [-0.05, 0) is 68.0 Å². The molecule has 2 aromatic carbocycles. The van der Waals surface area contributed by atoms with Crippen molar-refractivity contribution in [3.05, 3.63) is 77.5 Å². The molecule has 224 valence electrons. The minimum atomic E-state index is -1.90. The van der Waals surface area contributed by atoms with Crippen molar-refractivity contribution in [3.8, 4) is 0 Å². The number of hydrogen-bond donors (Lipinski definition) is 3. The molecule has 3 aromatic rings. The highest BCUT2D eigenvalue weighted by Gasteiger charge is 2.61. The molecule has 7 rings (SSSR count). The monoisotopic (exact) mass is 582 g/mol. The highest BCUT2D eigenvalue weighted by atomic mass is 16.6. The number of nitrogens with zero attached hydrogens (tertiary/aromatic N) is 2. The summed E-state index contributed by atoms with van der Waals surface area (Å²) in [6.45, 7) is 2.21. The first-order valence-corrected chi connectivity index (χ1v) is 15.3. The summed E-state index contributed by atoms with van der Waals surface area (Å²) < 4.78 is 6.12. The van der Waals surface area contributed by atoms with Crippen LogP contribution in [-0.2, 0) is 32.0 Å². The van der Waals surface area contributed by atoms with E-state index in [1.807, 2.05) is 43.4 Å². The van der Waals surface area contributed by atoms with Crippen LogP contribution in [-0.4, -0.2) is 82.2 Å². The first-order chi connectivity index (χ1) is 20.8. The van der Waals surface area contributed by atoms with Gasteiger partial charge >= 0.3 is 0 Å². The Morgan fingerprint density at radius 3 is 2.77 bits per heavy atom. The number of Topliss-reactive ketones (excluding diaryl/α,β-unsaturated/α-hetero) is 1. The Balaban J connectivity index is 1.11. The third kappa shape index (κ3) is 4.61. The van der Waals surface area contributed by atoms with E-state index in [0.29, 0.717) is 25.9 Å². The molecule has 2 fully saturated rings. The van der Waals surface area contributed by atoms with E-state index in [1.54, 1.807) is 4.90 Å². The highest BCUT2D eigenvalue weighted by molar-refractivity contribution is 5.99. The number of fused-ring (bicyclic) bond motifs is 3. The summed E-state index contributed by atoms with van der Waals surface area (Å²) in [6, 6.07) is 15.3. The zero-order chi connectivity index (χ0) is 29.9. The number of carbonyl (C=O) groups excluding carboxylic acids is 3. The fourth-order valence-electron chi connectivity index (χ4n) is 8.11. The molecule has 9 nitrogen and oxygen atoms in total. The Morgan fingerprint density at radius 2 is 1.98 bits per heavy atom. The van der Waals surface area contributed by atoms with E-state index >= 15 is 0 Å². The van der Waals surface area contributed by atoms with E-state index in [1.165, 1.54) is 17.9 Å². The smallest absolute Gasteiger partial charge is 0.230 e. The van der Waals surface area contributed by atoms with Crippen molar-refractivity contribution < 1.29 is 24.2 Å². The molecular formula is C34H38N4O5. The third-order valence-electron chi connectivity index (χ3n) is 10.1. The highest BCUT2D eigenvalue weighted by Crippen LogP contribution is 2.45. The number of aliphatic hydroxyl groups is 1. The fraction of sp³-hybridized carbons (Fsp3) is 0.441. The first-order valence-electron chi connectivity index (χ1n) is 15.3. The van der Waals surface area contributed by atoms with Gasteiger partial charge in [-0.2, -0.15) is 0 Å². The number of ketones is 1. The third-order valence-corrected chi connectivity index (χ3v) is 10.1. The number of piperidine rings is 1. The maximum Gasteiger partial charge on any atom is 0.230 e. The average molecular weight is 583 g/mol. The van der Waals surface area contributed by atoms with Gasteiger partial charge in [-0.15, -0.1) is 0 Å². The number of ether oxygens (including phenoxy) is 1. The summed E-state index contributed by atoms with van der Waals surface area (Å²) in [5, 5.41) is 16.2. The minimum absolute atomic E-state index is 0.122. The Labute approximate surface area is 250 Å². The van der Waals surface area contributed by atoms with Gasteiger partial charge in [-0.25, -0.2) is 0 Å². The maximum atomic E-state index is 13.6. The van der Waals surface area contributed by atoms with Crippen molar-refractivity contribution in [2.75, 3.05) is 26.9 Å². The molecule has 0 radical (unpaired) electrons. The molecule has 2 amide bonds. The molecule has 4 heterocycles. The number of likely N-dealkylation sites (N-methyl/N-ethyl adjacent to an activating group) is 1. The molecule has 1 unspecified atom stereocenters. The second-order valence-corrected chi connectivity index (χ2v) is 12.6. The van der Waals surface area contributed by atoms with Crippen LogP contribution >= 0.6 is 0 Å². The summed E-state index contributed by atoms with van der Waals surface area (Å²) in [5.41, 5.74) is 5.61. The van der Waals surface area contributed by atoms with E-state index < -0.39 is 29.6 Å². The Hall–Kier alpha value is -3.79. The molecule has 0 saturated carbocycles. The van der Waals surface area contributed by atoms with Gasteiger partial charge in [0.1, 0.15) is 12.5 Å². The molecule has 1 aliphatic carbocycles. The lowest BCUT2D eigenvalue weighted by Gasteiger charge is -2.50. The largest absolute Gasteiger partial charge is 0.363 e. The number of H-pyrrole nitrogens is 1. The molecule has 0 bridgehead atoms. The van der Waals surface area contributed by atoms with Gasteiger partial charge in [0.2, 0.25) is 11.8 Å². The number of aromatic amines is 1. The Kier molecular flexibility index (Phi) is 6.99. The zero-order valence-corrected chi connectivity index (χ0v) is 24.6. The van der Waals surface area contributed by atoms with E-state index in [-0.39, 0.29) is 30.4 Å². The van der Waals surface area contributed by atoms with Crippen molar-refractivity contribution in [1.82, 2.24) is 20.1 Å². The Bertz CT molecular complexity index is 1620. The van der Waals surface area contributed by atoms with Crippen LogP contribution in [0.1, 0.15) is 36.5 Å². The maximum absolute atomic E-state index is 13.6. The number of amides is 2. The SMILES string of the molecule is CC(=O)C1[C@@H](Cc2ccccc2)C(=O)N2CCC[C@H]2[C@]1(O)OCNC(=O)[C@@H]1C=C2c3cccc4[nH]cc(c34)C[C@H]2N(C)C1. The summed E-state index contributed by atoms with van der Waals surface area (Å²) in [4.78, 5) is 47.5. The van der Waals surface area contributed by atoms with Crippen LogP contribution in [0.25, 0.3) is 16.5 Å². The van der Waals surface area contributed by atoms with Gasteiger partial charge in [-0.1, -0.05) is 48.5 Å². The van der Waals surface area contributed by atoms with Gasteiger partial charge in [0.15, 0.2) is 5.79 Å². The van der Waals surface area contributed by atoms with Crippen molar-refractivity contribution in [1.29, 1.82) is 0 Å². The second kappa shape index (κ2) is 10.7. The number of benzene rings is 2. The molecule has 0 spiro atoms. The molecule has 2 saturated heterocycles. The molecule has 43 heavy (non-hydrogen) atoms. The van der Waals surface area contributed by atoms with Crippen LogP contribution in [0.15, 0.2) is 60.8 Å². The van der Waals surface area contributed by atoms with Crippen molar-refractivity contribution in [2.24, 2.45) is 17.8 Å². The second-order valence-electron chi connectivity index (χ2n) is 12.6. The van der Waals surface area contributed by atoms with Gasteiger partial charge in [0, 0.05) is 36.2 Å². The lowest BCUT2D eigenvalue weighted by Crippen LogP contribution is -2.68.